The number of ether oxygens (including phenoxy) is 2. The van der Waals surface area contributed by atoms with Crippen molar-refractivity contribution in [1.29, 1.82) is 0 Å². The number of aliphatic hydroxyl groups is 1. The number of carbonyl (C=O) groups is 1. The van der Waals surface area contributed by atoms with Crippen LogP contribution in [-0.2, 0) is 6.54 Å². The first-order valence-corrected chi connectivity index (χ1v) is 12.3. The Morgan fingerprint density at radius 3 is 2.41 bits per heavy atom. The monoisotopic (exact) mass is 467 g/mol. The number of nitrogens with zero attached hydrogens (tertiary/aromatic N) is 2. The number of nitrogens with one attached hydrogen (secondary N) is 1. The van der Waals surface area contributed by atoms with Crippen molar-refractivity contribution >= 4 is 11.6 Å². The first-order chi connectivity index (χ1) is 16.6. The van der Waals surface area contributed by atoms with Gasteiger partial charge in [-0.2, -0.15) is 0 Å². The molecule has 1 atom stereocenters. The molecule has 2 aromatic rings. The predicted molar refractivity (Wildman–Crippen MR) is 134 cm³/mol. The number of likely N-dealkylation sites (tertiary alicyclic amines) is 1. The molecule has 0 radical (unpaired) electrons. The minimum atomic E-state index is 0.0720. The van der Waals surface area contributed by atoms with Gasteiger partial charge in [0.15, 0.2) is 11.5 Å². The fourth-order valence-corrected chi connectivity index (χ4v) is 4.99. The number of anilines is 1. The molecule has 2 aromatic carbocycles. The van der Waals surface area contributed by atoms with Gasteiger partial charge in [-0.25, -0.2) is 0 Å². The van der Waals surface area contributed by atoms with Crippen LogP contribution < -0.4 is 19.7 Å². The summed E-state index contributed by atoms with van der Waals surface area (Å²) < 4.78 is 10.7. The van der Waals surface area contributed by atoms with Crippen LogP contribution in [0.4, 0.5) is 5.69 Å². The van der Waals surface area contributed by atoms with E-state index in [0.717, 1.165) is 68.9 Å². The lowest BCUT2D eigenvalue weighted by atomic mass is 9.98. The number of benzene rings is 2. The number of hydrogen-bond acceptors (Lipinski definition) is 6. The zero-order chi connectivity index (χ0) is 23.9. The van der Waals surface area contributed by atoms with Crippen LogP contribution in [0, 0.1) is 5.92 Å². The van der Waals surface area contributed by atoms with Crippen molar-refractivity contribution in [3.8, 4) is 11.5 Å². The molecule has 0 bridgehead atoms. The fraction of sp³-hybridized carbons (Fsp3) is 0.519. The summed E-state index contributed by atoms with van der Waals surface area (Å²) in [4.78, 5) is 17.1. The molecule has 2 aliphatic heterocycles. The molecule has 184 valence electrons. The molecule has 1 amide bonds. The minimum Gasteiger partial charge on any atom is -0.493 e. The van der Waals surface area contributed by atoms with E-state index in [1.165, 1.54) is 11.3 Å². The summed E-state index contributed by atoms with van der Waals surface area (Å²) in [5.41, 5.74) is 3.08. The Morgan fingerprint density at radius 1 is 1.00 bits per heavy atom. The molecule has 2 fully saturated rings. The summed E-state index contributed by atoms with van der Waals surface area (Å²) in [5, 5.41) is 13.1. The van der Waals surface area contributed by atoms with E-state index in [4.69, 9.17) is 9.47 Å². The van der Waals surface area contributed by atoms with Crippen LogP contribution >= 0.6 is 0 Å². The van der Waals surface area contributed by atoms with E-state index in [-0.39, 0.29) is 18.4 Å². The normalized spacial score (nSPS) is 19.2. The van der Waals surface area contributed by atoms with Crippen molar-refractivity contribution in [3.05, 3.63) is 53.6 Å². The lowest BCUT2D eigenvalue weighted by Crippen LogP contribution is -2.42. The van der Waals surface area contributed by atoms with E-state index in [2.05, 4.69) is 28.4 Å². The molecule has 0 aromatic heterocycles. The van der Waals surface area contributed by atoms with Crippen LogP contribution in [-0.4, -0.2) is 69.0 Å². The second-order valence-electron chi connectivity index (χ2n) is 9.32. The Kier molecular flexibility index (Phi) is 8.29. The van der Waals surface area contributed by atoms with Crippen LogP contribution in [0.15, 0.2) is 42.5 Å². The Balaban J connectivity index is 1.26. The molecule has 0 aliphatic carbocycles. The molecule has 0 spiro atoms. The SMILES string of the molecule is COc1ccc(CNC2CCN(c3ccc(C(=O)N4CCCC(CO)C4)cc3)CC2)cc1OC. The van der Waals surface area contributed by atoms with Crippen molar-refractivity contribution in [2.45, 2.75) is 38.3 Å². The van der Waals surface area contributed by atoms with E-state index in [1.54, 1.807) is 14.2 Å². The highest BCUT2D eigenvalue weighted by Crippen LogP contribution is 2.28. The van der Waals surface area contributed by atoms with Gasteiger partial charge in [-0.05, 0) is 73.6 Å². The van der Waals surface area contributed by atoms with Crippen LogP contribution in [0.5, 0.6) is 11.5 Å². The highest BCUT2D eigenvalue weighted by atomic mass is 16.5. The van der Waals surface area contributed by atoms with E-state index in [9.17, 15) is 9.90 Å². The standard InChI is InChI=1S/C27H37N3O4/c1-33-25-10-5-20(16-26(25)34-2)17-28-23-11-14-29(15-12-23)24-8-6-22(7-9-24)27(32)30-13-3-4-21(18-30)19-31/h5-10,16,21,23,28,31H,3-4,11-15,17-19H2,1-2H3. The maximum atomic E-state index is 12.9. The lowest BCUT2D eigenvalue weighted by Gasteiger charge is -2.34. The molecule has 34 heavy (non-hydrogen) atoms. The van der Waals surface area contributed by atoms with Gasteiger partial charge in [-0.3, -0.25) is 4.79 Å². The Labute approximate surface area is 202 Å². The fourth-order valence-electron chi connectivity index (χ4n) is 4.99. The van der Waals surface area contributed by atoms with Gasteiger partial charge < -0.3 is 29.7 Å². The maximum Gasteiger partial charge on any atom is 0.253 e. The van der Waals surface area contributed by atoms with Crippen LogP contribution in [0.2, 0.25) is 0 Å². The summed E-state index contributed by atoms with van der Waals surface area (Å²) in [6.45, 7) is 4.36. The number of rotatable bonds is 8. The van der Waals surface area contributed by atoms with E-state index in [0.29, 0.717) is 12.6 Å². The highest BCUT2D eigenvalue weighted by molar-refractivity contribution is 5.94. The van der Waals surface area contributed by atoms with Crippen LogP contribution in [0.25, 0.3) is 0 Å². The third-order valence-electron chi connectivity index (χ3n) is 7.08. The molecular formula is C27H37N3O4. The maximum absolute atomic E-state index is 12.9. The Hall–Kier alpha value is -2.77. The summed E-state index contributed by atoms with van der Waals surface area (Å²) in [5.74, 6) is 1.78. The average molecular weight is 468 g/mol. The topological polar surface area (TPSA) is 74.3 Å². The molecule has 1 unspecified atom stereocenters. The summed E-state index contributed by atoms with van der Waals surface area (Å²) in [6.07, 6.45) is 4.11. The molecular weight excluding hydrogens is 430 g/mol. The number of methoxy groups -OCH3 is 2. The summed E-state index contributed by atoms with van der Waals surface area (Å²) in [6, 6.07) is 14.5. The van der Waals surface area contributed by atoms with Gasteiger partial charge in [-0.15, -0.1) is 0 Å². The number of hydrogen-bond donors (Lipinski definition) is 2. The molecule has 2 N–H and O–H groups in total. The average Bonchev–Trinajstić information content (AvgIpc) is 2.91. The molecule has 2 heterocycles. The van der Waals surface area contributed by atoms with Gasteiger partial charge in [0.25, 0.3) is 5.91 Å². The van der Waals surface area contributed by atoms with Crippen molar-refractivity contribution < 1.29 is 19.4 Å². The van der Waals surface area contributed by atoms with Gasteiger partial charge in [-0.1, -0.05) is 6.07 Å². The third-order valence-corrected chi connectivity index (χ3v) is 7.08. The highest BCUT2D eigenvalue weighted by Gasteiger charge is 2.24. The zero-order valence-corrected chi connectivity index (χ0v) is 20.3. The molecule has 2 aliphatic rings. The smallest absolute Gasteiger partial charge is 0.253 e. The molecule has 4 rings (SSSR count). The van der Waals surface area contributed by atoms with Crippen molar-refractivity contribution in [2.24, 2.45) is 5.92 Å². The van der Waals surface area contributed by atoms with Crippen LogP contribution in [0.3, 0.4) is 0 Å². The number of aliphatic hydroxyl groups excluding tert-OH is 1. The minimum absolute atomic E-state index is 0.0720. The van der Waals surface area contributed by atoms with E-state index in [1.807, 2.05) is 29.2 Å². The van der Waals surface area contributed by atoms with Gasteiger partial charge in [0.2, 0.25) is 0 Å². The molecule has 7 heteroatoms. The van der Waals surface area contributed by atoms with Gasteiger partial charge >= 0.3 is 0 Å². The Bertz CT molecular complexity index is 941. The molecule has 2 saturated heterocycles. The summed E-state index contributed by atoms with van der Waals surface area (Å²) in [7, 11) is 3.31. The number of amides is 1. The van der Waals surface area contributed by atoms with Crippen molar-refractivity contribution in [2.75, 3.05) is 51.9 Å². The first kappa shape index (κ1) is 24.4. The Morgan fingerprint density at radius 2 is 1.74 bits per heavy atom. The first-order valence-electron chi connectivity index (χ1n) is 12.3. The zero-order valence-electron chi connectivity index (χ0n) is 20.3. The van der Waals surface area contributed by atoms with Crippen LogP contribution in [0.1, 0.15) is 41.6 Å². The largest absolute Gasteiger partial charge is 0.493 e. The predicted octanol–water partition coefficient (Wildman–Crippen LogP) is 3.31. The van der Waals surface area contributed by atoms with Gasteiger partial charge in [0, 0.05) is 56.6 Å². The van der Waals surface area contributed by atoms with E-state index >= 15 is 0 Å². The van der Waals surface area contributed by atoms with Gasteiger partial charge in [0.1, 0.15) is 0 Å². The van der Waals surface area contributed by atoms with Crippen molar-refractivity contribution in [1.82, 2.24) is 10.2 Å². The lowest BCUT2D eigenvalue weighted by molar-refractivity contribution is 0.0620. The van der Waals surface area contributed by atoms with Gasteiger partial charge in [0.05, 0.1) is 14.2 Å². The second kappa shape index (κ2) is 11.6. The number of carbonyl (C=O) groups excluding carboxylic acids is 1. The van der Waals surface area contributed by atoms with Crippen molar-refractivity contribution in [3.63, 3.8) is 0 Å². The third kappa shape index (κ3) is 5.83. The quantitative estimate of drug-likeness (QED) is 0.621. The van der Waals surface area contributed by atoms with E-state index < -0.39 is 0 Å². The summed E-state index contributed by atoms with van der Waals surface area (Å²) >= 11 is 0. The second-order valence-corrected chi connectivity index (χ2v) is 9.32. The molecule has 7 nitrogen and oxygen atoms in total. The number of piperidine rings is 2. The molecule has 0 saturated carbocycles.